The van der Waals surface area contributed by atoms with E-state index in [1.54, 1.807) is 23.6 Å². The molecule has 0 spiro atoms. The zero-order valence-electron chi connectivity index (χ0n) is 14.9. The third-order valence-corrected chi connectivity index (χ3v) is 6.18. The summed E-state index contributed by atoms with van der Waals surface area (Å²) in [7, 11) is 0. The molecule has 27 heavy (non-hydrogen) atoms. The summed E-state index contributed by atoms with van der Waals surface area (Å²) in [6, 6.07) is 7.55. The van der Waals surface area contributed by atoms with Crippen molar-refractivity contribution in [2.45, 2.75) is 31.2 Å². The molecule has 0 fully saturated rings. The quantitative estimate of drug-likeness (QED) is 0.693. The maximum absolute atomic E-state index is 12.2. The Morgan fingerprint density at radius 1 is 1.37 bits per heavy atom. The molecule has 2 aromatic rings. The van der Waals surface area contributed by atoms with Gasteiger partial charge in [-0.15, -0.1) is 11.8 Å². The van der Waals surface area contributed by atoms with Crippen molar-refractivity contribution in [3.63, 3.8) is 0 Å². The molecule has 0 saturated carbocycles. The predicted molar refractivity (Wildman–Crippen MR) is 109 cm³/mol. The molecule has 0 aliphatic carbocycles. The summed E-state index contributed by atoms with van der Waals surface area (Å²) in [4.78, 5) is 32.3. The van der Waals surface area contributed by atoms with Crippen LogP contribution in [0.3, 0.4) is 0 Å². The number of aromatic nitrogens is 1. The number of hydrogen-bond acceptors (Lipinski definition) is 6. The second kappa shape index (κ2) is 9.43. The molecule has 2 heterocycles. The molecule has 6 nitrogen and oxygen atoms in total. The van der Waals surface area contributed by atoms with Crippen LogP contribution in [0.1, 0.15) is 23.9 Å². The van der Waals surface area contributed by atoms with E-state index in [2.05, 4.69) is 10.3 Å². The second-order valence-electron chi connectivity index (χ2n) is 5.86. The van der Waals surface area contributed by atoms with Crippen molar-refractivity contribution in [1.29, 1.82) is 0 Å². The van der Waals surface area contributed by atoms with E-state index in [1.165, 1.54) is 11.3 Å². The van der Waals surface area contributed by atoms with Gasteiger partial charge in [-0.25, -0.2) is 9.78 Å². The Balaban J connectivity index is 1.48. The molecule has 1 aromatic heterocycles. The smallest absolute Gasteiger partial charge is 0.410 e. The largest absolute Gasteiger partial charge is 0.450 e. The van der Waals surface area contributed by atoms with Gasteiger partial charge in [0, 0.05) is 39.9 Å². The zero-order valence-corrected chi connectivity index (χ0v) is 17.3. The molecule has 1 aliphatic rings. The Labute approximate surface area is 171 Å². The molecule has 0 radical (unpaired) electrons. The number of nitrogens with one attached hydrogen (secondary N) is 1. The Bertz CT molecular complexity index is 811. The van der Waals surface area contributed by atoms with Gasteiger partial charge in [-0.3, -0.25) is 4.79 Å². The summed E-state index contributed by atoms with van der Waals surface area (Å²) < 4.78 is 5.05. The molecule has 1 aromatic carbocycles. The van der Waals surface area contributed by atoms with Gasteiger partial charge in [0.15, 0.2) is 5.13 Å². The van der Waals surface area contributed by atoms with Gasteiger partial charge in [-0.2, -0.15) is 0 Å². The minimum atomic E-state index is -0.304. The van der Waals surface area contributed by atoms with Crippen LogP contribution < -0.4 is 5.32 Å². The molecule has 0 atom stereocenters. The van der Waals surface area contributed by atoms with E-state index < -0.39 is 0 Å². The average Bonchev–Trinajstić information content (AvgIpc) is 3.04. The Morgan fingerprint density at radius 2 is 2.15 bits per heavy atom. The topological polar surface area (TPSA) is 71.5 Å². The van der Waals surface area contributed by atoms with Crippen molar-refractivity contribution in [3.05, 3.63) is 39.9 Å². The third kappa shape index (κ3) is 5.60. The fourth-order valence-corrected chi connectivity index (χ4v) is 4.61. The van der Waals surface area contributed by atoms with E-state index in [-0.39, 0.29) is 12.0 Å². The summed E-state index contributed by atoms with van der Waals surface area (Å²) in [6.07, 6.45) is 0.765. The van der Waals surface area contributed by atoms with Crippen molar-refractivity contribution in [2.24, 2.45) is 0 Å². The maximum Gasteiger partial charge on any atom is 0.410 e. The highest BCUT2D eigenvalue weighted by atomic mass is 35.5. The lowest BCUT2D eigenvalue weighted by Crippen LogP contribution is -2.35. The van der Waals surface area contributed by atoms with Crippen LogP contribution in [0, 0.1) is 0 Å². The molecule has 1 aliphatic heterocycles. The van der Waals surface area contributed by atoms with Crippen LogP contribution >= 0.6 is 34.7 Å². The molecular formula is C18H20ClN3O3S2. The third-order valence-electron chi connectivity index (χ3n) is 3.92. The normalized spacial score (nSPS) is 13.2. The first kappa shape index (κ1) is 20.0. The number of nitrogens with zero attached hydrogens (tertiary/aromatic N) is 2. The van der Waals surface area contributed by atoms with E-state index in [4.69, 9.17) is 16.3 Å². The van der Waals surface area contributed by atoms with Gasteiger partial charge in [-0.1, -0.05) is 22.9 Å². The Hall–Kier alpha value is -1.77. The van der Waals surface area contributed by atoms with Crippen LogP contribution in [0.15, 0.2) is 29.2 Å². The number of thiazole rings is 1. The number of thioether (sulfide) groups is 1. The minimum Gasteiger partial charge on any atom is -0.450 e. The number of carbonyl (C=O) groups excluding carboxylic acids is 2. The SMILES string of the molecule is CCOC(=O)N1CCc2nc(NC(=O)CCSc3ccc(Cl)cc3)sc2C1. The van der Waals surface area contributed by atoms with E-state index in [1.807, 2.05) is 24.3 Å². The van der Waals surface area contributed by atoms with E-state index in [9.17, 15) is 9.59 Å². The molecule has 1 N–H and O–H groups in total. The lowest BCUT2D eigenvalue weighted by molar-refractivity contribution is -0.115. The first-order valence-electron chi connectivity index (χ1n) is 8.63. The summed E-state index contributed by atoms with van der Waals surface area (Å²) in [5.41, 5.74) is 0.950. The standard InChI is InChI=1S/C18H20ClN3O3S2/c1-2-25-18(24)22-9-7-14-15(11-22)27-17(20-14)21-16(23)8-10-26-13-5-3-12(19)4-6-13/h3-6H,2,7-11H2,1H3,(H,20,21,23). The van der Waals surface area contributed by atoms with Crippen LogP contribution in [0.2, 0.25) is 5.02 Å². The number of halogens is 1. The number of anilines is 1. The van der Waals surface area contributed by atoms with Crippen LogP contribution in [-0.2, 0) is 22.5 Å². The number of hydrogen-bond donors (Lipinski definition) is 1. The van der Waals surface area contributed by atoms with Crippen LogP contribution in [0.4, 0.5) is 9.93 Å². The molecule has 3 rings (SSSR count). The van der Waals surface area contributed by atoms with E-state index in [0.717, 1.165) is 15.5 Å². The Morgan fingerprint density at radius 3 is 2.89 bits per heavy atom. The first-order valence-corrected chi connectivity index (χ1v) is 10.8. The van der Waals surface area contributed by atoms with Gasteiger partial charge in [0.2, 0.25) is 5.91 Å². The van der Waals surface area contributed by atoms with Crippen LogP contribution in [0.5, 0.6) is 0 Å². The molecule has 9 heteroatoms. The van der Waals surface area contributed by atoms with E-state index >= 15 is 0 Å². The van der Waals surface area contributed by atoms with Crippen molar-refractivity contribution in [2.75, 3.05) is 24.2 Å². The summed E-state index contributed by atoms with van der Waals surface area (Å²) in [5, 5.41) is 4.15. The summed E-state index contributed by atoms with van der Waals surface area (Å²) in [5.74, 6) is 0.611. The fraction of sp³-hybridized carbons (Fsp3) is 0.389. The molecular weight excluding hydrogens is 406 g/mol. The van der Waals surface area contributed by atoms with Gasteiger partial charge in [0.05, 0.1) is 18.8 Å². The zero-order chi connectivity index (χ0) is 19.2. The monoisotopic (exact) mass is 425 g/mol. The van der Waals surface area contributed by atoms with Gasteiger partial charge in [-0.05, 0) is 31.2 Å². The predicted octanol–water partition coefficient (Wildman–Crippen LogP) is 4.43. The Kier molecular flexibility index (Phi) is 6.98. The highest BCUT2D eigenvalue weighted by Gasteiger charge is 2.25. The van der Waals surface area contributed by atoms with Crippen LogP contribution in [-0.4, -0.2) is 40.8 Å². The van der Waals surface area contributed by atoms with Gasteiger partial charge < -0.3 is 15.0 Å². The average molecular weight is 426 g/mol. The molecule has 0 bridgehead atoms. The maximum atomic E-state index is 12.2. The van der Waals surface area contributed by atoms with Crippen molar-refractivity contribution >= 4 is 51.8 Å². The number of carbonyl (C=O) groups is 2. The van der Waals surface area contributed by atoms with Gasteiger partial charge >= 0.3 is 6.09 Å². The highest BCUT2D eigenvalue weighted by Crippen LogP contribution is 2.29. The number of benzene rings is 1. The van der Waals surface area contributed by atoms with E-state index in [0.29, 0.717) is 48.4 Å². The molecule has 144 valence electrons. The first-order chi connectivity index (χ1) is 13.0. The highest BCUT2D eigenvalue weighted by molar-refractivity contribution is 7.99. The molecule has 0 unspecified atom stereocenters. The summed E-state index contributed by atoms with van der Waals surface area (Å²) in [6.45, 7) is 3.22. The number of fused-ring (bicyclic) bond motifs is 1. The van der Waals surface area contributed by atoms with Crippen molar-refractivity contribution in [1.82, 2.24) is 9.88 Å². The van der Waals surface area contributed by atoms with Gasteiger partial charge in [0.1, 0.15) is 0 Å². The summed E-state index contributed by atoms with van der Waals surface area (Å²) >= 11 is 8.89. The van der Waals surface area contributed by atoms with Crippen molar-refractivity contribution < 1.29 is 14.3 Å². The second-order valence-corrected chi connectivity index (χ2v) is 8.55. The van der Waals surface area contributed by atoms with Crippen LogP contribution in [0.25, 0.3) is 0 Å². The number of rotatable bonds is 6. The minimum absolute atomic E-state index is 0.0650. The number of ether oxygens (including phenoxy) is 1. The molecule has 2 amide bonds. The fourth-order valence-electron chi connectivity index (χ4n) is 2.59. The lowest BCUT2D eigenvalue weighted by Gasteiger charge is -2.24. The lowest BCUT2D eigenvalue weighted by atomic mass is 10.2. The number of amides is 2. The van der Waals surface area contributed by atoms with Crippen molar-refractivity contribution in [3.8, 4) is 0 Å². The molecule has 0 saturated heterocycles. The van der Waals surface area contributed by atoms with Gasteiger partial charge in [0.25, 0.3) is 0 Å².